The van der Waals surface area contributed by atoms with E-state index < -0.39 is 11.8 Å². The number of nitrogens with zero attached hydrogens (tertiary/aromatic N) is 3. The summed E-state index contributed by atoms with van der Waals surface area (Å²) in [4.78, 5) is 31.6. The zero-order valence-corrected chi connectivity index (χ0v) is 14.7. The predicted molar refractivity (Wildman–Crippen MR) is 95.1 cm³/mol. The number of nitrogens with one attached hydrogen (secondary N) is 2. The Labute approximate surface area is 153 Å². The maximum Gasteiger partial charge on any atom is 0.269 e. The molecule has 0 aliphatic heterocycles. The van der Waals surface area contributed by atoms with Crippen LogP contribution < -0.4 is 21.3 Å². The number of carbonyl (C=O) groups is 2. The highest BCUT2D eigenvalue weighted by molar-refractivity contribution is 7.99. The maximum atomic E-state index is 12.0. The van der Waals surface area contributed by atoms with Gasteiger partial charge in [0.2, 0.25) is 5.91 Å². The van der Waals surface area contributed by atoms with Gasteiger partial charge in [0.25, 0.3) is 5.91 Å². The van der Waals surface area contributed by atoms with Crippen molar-refractivity contribution in [1.29, 1.82) is 5.26 Å². The quantitative estimate of drug-likeness (QED) is 0.385. The van der Waals surface area contributed by atoms with Gasteiger partial charge in [0.15, 0.2) is 5.16 Å². The number of nitrogens with two attached hydrogens (primary N) is 1. The van der Waals surface area contributed by atoms with Gasteiger partial charge in [0.05, 0.1) is 18.6 Å². The van der Waals surface area contributed by atoms with Crippen molar-refractivity contribution in [2.24, 2.45) is 0 Å². The number of ether oxygens (including phenoxy) is 1. The molecule has 26 heavy (non-hydrogen) atoms. The van der Waals surface area contributed by atoms with Crippen LogP contribution in [0, 0.1) is 11.3 Å². The highest BCUT2D eigenvalue weighted by atomic mass is 32.2. The standard InChI is InChI=1S/C16H16N6O3S/c1-2-25-12-5-3-10(4-6-12)15(24)22-21-13(23)9-26-16-19-8-11(7-17)14(18)20-16/h3-6,8H,2,9H2,1H3,(H,21,23)(H,22,24)(H2,18,19,20). The molecule has 2 rings (SSSR count). The van der Waals surface area contributed by atoms with E-state index in [2.05, 4.69) is 20.8 Å². The summed E-state index contributed by atoms with van der Waals surface area (Å²) in [5.41, 5.74) is 10.7. The molecule has 0 atom stereocenters. The van der Waals surface area contributed by atoms with Gasteiger partial charge in [-0.05, 0) is 31.2 Å². The Balaban J connectivity index is 1.80. The van der Waals surface area contributed by atoms with E-state index >= 15 is 0 Å². The fourth-order valence-electron chi connectivity index (χ4n) is 1.77. The van der Waals surface area contributed by atoms with Crippen LogP contribution >= 0.6 is 11.8 Å². The summed E-state index contributed by atoms with van der Waals surface area (Å²) in [7, 11) is 0. The second-order valence-corrected chi connectivity index (χ2v) is 5.75. The molecule has 0 saturated carbocycles. The fourth-order valence-corrected chi connectivity index (χ4v) is 2.39. The second-order valence-electron chi connectivity index (χ2n) is 4.81. The monoisotopic (exact) mass is 372 g/mol. The summed E-state index contributed by atoms with van der Waals surface area (Å²) >= 11 is 1.03. The number of aromatic nitrogens is 2. The van der Waals surface area contributed by atoms with E-state index in [0.717, 1.165) is 11.8 Å². The summed E-state index contributed by atoms with van der Waals surface area (Å²) in [5, 5.41) is 9.02. The van der Waals surface area contributed by atoms with E-state index in [9.17, 15) is 9.59 Å². The zero-order chi connectivity index (χ0) is 18.9. The van der Waals surface area contributed by atoms with Gasteiger partial charge in [-0.2, -0.15) is 5.26 Å². The number of nitriles is 1. The molecule has 1 aromatic carbocycles. The Bertz CT molecular complexity index is 835. The van der Waals surface area contributed by atoms with Crippen LogP contribution in [-0.2, 0) is 4.79 Å². The first-order valence-corrected chi connectivity index (χ1v) is 8.49. The smallest absolute Gasteiger partial charge is 0.269 e. The van der Waals surface area contributed by atoms with Gasteiger partial charge in [-0.15, -0.1) is 0 Å². The van der Waals surface area contributed by atoms with E-state index in [1.165, 1.54) is 6.20 Å². The van der Waals surface area contributed by atoms with E-state index in [0.29, 0.717) is 17.9 Å². The summed E-state index contributed by atoms with van der Waals surface area (Å²) in [6, 6.07) is 8.37. The van der Waals surface area contributed by atoms with Crippen LogP contribution in [-0.4, -0.2) is 34.1 Å². The molecule has 134 valence electrons. The molecule has 0 aliphatic rings. The molecule has 0 radical (unpaired) electrons. The number of amides is 2. The van der Waals surface area contributed by atoms with E-state index in [4.69, 9.17) is 15.7 Å². The van der Waals surface area contributed by atoms with Gasteiger partial charge in [0, 0.05) is 5.56 Å². The van der Waals surface area contributed by atoms with E-state index in [1.807, 2.05) is 13.0 Å². The van der Waals surface area contributed by atoms with Gasteiger partial charge >= 0.3 is 0 Å². The summed E-state index contributed by atoms with van der Waals surface area (Å²) < 4.78 is 5.29. The maximum absolute atomic E-state index is 12.0. The molecule has 10 heteroatoms. The Morgan fingerprint density at radius 2 is 2.04 bits per heavy atom. The van der Waals surface area contributed by atoms with Crippen molar-refractivity contribution >= 4 is 29.4 Å². The number of hydrogen-bond acceptors (Lipinski definition) is 8. The van der Waals surface area contributed by atoms with Crippen LogP contribution in [0.5, 0.6) is 5.75 Å². The van der Waals surface area contributed by atoms with Crippen LogP contribution in [0.2, 0.25) is 0 Å². The summed E-state index contributed by atoms with van der Waals surface area (Å²) in [6.07, 6.45) is 1.29. The van der Waals surface area contributed by atoms with Crippen LogP contribution in [0.15, 0.2) is 35.6 Å². The molecular weight excluding hydrogens is 356 g/mol. The van der Waals surface area contributed by atoms with Crippen molar-refractivity contribution in [3.63, 3.8) is 0 Å². The SMILES string of the molecule is CCOc1ccc(C(=O)NNC(=O)CSc2ncc(C#N)c(N)n2)cc1. The lowest BCUT2D eigenvalue weighted by molar-refractivity contribution is -0.119. The Kier molecular flexibility index (Phi) is 6.75. The van der Waals surface area contributed by atoms with Crippen molar-refractivity contribution < 1.29 is 14.3 Å². The van der Waals surface area contributed by atoms with E-state index in [1.54, 1.807) is 24.3 Å². The average molecular weight is 372 g/mol. The minimum absolute atomic E-state index is 0.0328. The minimum Gasteiger partial charge on any atom is -0.494 e. The van der Waals surface area contributed by atoms with Gasteiger partial charge < -0.3 is 10.5 Å². The number of hydrogen-bond donors (Lipinski definition) is 3. The molecule has 4 N–H and O–H groups in total. The molecule has 2 amide bonds. The van der Waals surface area contributed by atoms with Gasteiger partial charge in [-0.3, -0.25) is 20.4 Å². The van der Waals surface area contributed by atoms with Crippen molar-refractivity contribution in [1.82, 2.24) is 20.8 Å². The minimum atomic E-state index is -0.453. The molecule has 0 saturated heterocycles. The lowest BCUT2D eigenvalue weighted by Gasteiger charge is -2.08. The first-order valence-electron chi connectivity index (χ1n) is 7.51. The Hall–Kier alpha value is -3.32. The average Bonchev–Trinajstić information content (AvgIpc) is 2.65. The number of anilines is 1. The molecule has 2 aromatic rings. The van der Waals surface area contributed by atoms with Crippen molar-refractivity contribution in [2.45, 2.75) is 12.1 Å². The number of rotatable bonds is 6. The lowest BCUT2D eigenvalue weighted by atomic mass is 10.2. The third-order valence-corrected chi connectivity index (χ3v) is 3.85. The van der Waals surface area contributed by atoms with Crippen LogP contribution in [0.1, 0.15) is 22.8 Å². The number of thioether (sulfide) groups is 1. The highest BCUT2D eigenvalue weighted by Crippen LogP contribution is 2.15. The zero-order valence-electron chi connectivity index (χ0n) is 13.9. The number of hydrazine groups is 1. The Morgan fingerprint density at radius 3 is 2.65 bits per heavy atom. The van der Waals surface area contributed by atoms with Gasteiger partial charge in [-0.1, -0.05) is 11.8 Å². The molecule has 0 spiro atoms. The Morgan fingerprint density at radius 1 is 1.31 bits per heavy atom. The lowest BCUT2D eigenvalue weighted by Crippen LogP contribution is -2.42. The van der Waals surface area contributed by atoms with E-state index in [-0.39, 0.29) is 22.3 Å². The first-order chi connectivity index (χ1) is 12.5. The molecule has 0 unspecified atom stereocenters. The molecule has 1 aromatic heterocycles. The number of carbonyl (C=O) groups excluding carboxylic acids is 2. The third-order valence-electron chi connectivity index (χ3n) is 2.99. The number of benzene rings is 1. The summed E-state index contributed by atoms with van der Waals surface area (Å²) in [5.74, 6) is -0.221. The van der Waals surface area contributed by atoms with Crippen LogP contribution in [0.3, 0.4) is 0 Å². The predicted octanol–water partition coefficient (Wildman–Crippen LogP) is 0.882. The number of nitrogen functional groups attached to an aromatic ring is 1. The molecule has 0 fully saturated rings. The molecule has 9 nitrogen and oxygen atoms in total. The van der Waals surface area contributed by atoms with Gasteiger partial charge in [0.1, 0.15) is 23.2 Å². The third kappa shape index (κ3) is 5.35. The molecule has 0 bridgehead atoms. The first kappa shape index (κ1) is 19.0. The highest BCUT2D eigenvalue weighted by Gasteiger charge is 2.10. The molecule has 1 heterocycles. The van der Waals surface area contributed by atoms with Crippen LogP contribution in [0.25, 0.3) is 0 Å². The largest absolute Gasteiger partial charge is 0.494 e. The molecular formula is C16H16N6O3S. The van der Waals surface area contributed by atoms with Crippen molar-refractivity contribution in [3.8, 4) is 11.8 Å². The topological polar surface area (TPSA) is 143 Å². The van der Waals surface area contributed by atoms with Crippen LogP contribution in [0.4, 0.5) is 5.82 Å². The molecule has 0 aliphatic carbocycles. The fraction of sp³-hybridized carbons (Fsp3) is 0.188. The van der Waals surface area contributed by atoms with Crippen molar-refractivity contribution in [2.75, 3.05) is 18.1 Å². The summed E-state index contributed by atoms with van der Waals surface area (Å²) in [6.45, 7) is 2.40. The normalized spacial score (nSPS) is 9.85. The van der Waals surface area contributed by atoms with Gasteiger partial charge in [-0.25, -0.2) is 9.97 Å². The second kappa shape index (κ2) is 9.24. The van der Waals surface area contributed by atoms with Crippen molar-refractivity contribution in [3.05, 3.63) is 41.6 Å².